The second-order valence-electron chi connectivity index (χ2n) is 6.61. The fourth-order valence-corrected chi connectivity index (χ4v) is 3.36. The van der Waals surface area contributed by atoms with Crippen LogP contribution in [0.15, 0.2) is 12.3 Å². The number of rotatable bonds is 5. The Labute approximate surface area is 142 Å². The van der Waals surface area contributed by atoms with Crippen LogP contribution >= 0.6 is 0 Å². The number of carbonyl (C=O) groups is 2. The van der Waals surface area contributed by atoms with Crippen LogP contribution in [0.4, 0.5) is 0 Å². The minimum Gasteiger partial charge on any atom is -0.381 e. The lowest BCUT2D eigenvalue weighted by atomic mass is 10.0. The Balaban J connectivity index is 1.64. The Morgan fingerprint density at radius 1 is 1.38 bits per heavy atom. The van der Waals surface area contributed by atoms with E-state index in [-0.39, 0.29) is 11.8 Å². The number of hydrogen-bond donors (Lipinski definition) is 1. The van der Waals surface area contributed by atoms with E-state index in [1.807, 2.05) is 13.0 Å². The molecule has 0 spiro atoms. The third-order valence-corrected chi connectivity index (χ3v) is 4.82. The Hall–Kier alpha value is -1.89. The highest BCUT2D eigenvalue weighted by Crippen LogP contribution is 2.22. The molecule has 24 heavy (non-hydrogen) atoms. The van der Waals surface area contributed by atoms with Crippen molar-refractivity contribution in [2.75, 3.05) is 26.3 Å². The van der Waals surface area contributed by atoms with Gasteiger partial charge in [0.15, 0.2) is 0 Å². The smallest absolute Gasteiger partial charge is 0.246 e. The quantitative estimate of drug-likeness (QED) is 0.875. The van der Waals surface area contributed by atoms with Crippen LogP contribution < -0.4 is 5.32 Å². The predicted octanol–water partition coefficient (Wildman–Crippen LogP) is 1.11. The van der Waals surface area contributed by atoms with Gasteiger partial charge in [-0.2, -0.15) is 5.10 Å². The molecule has 1 saturated heterocycles. The van der Waals surface area contributed by atoms with E-state index in [0.717, 1.165) is 38.2 Å². The van der Waals surface area contributed by atoms with Crippen molar-refractivity contribution in [2.24, 2.45) is 5.92 Å². The van der Waals surface area contributed by atoms with Crippen LogP contribution in [-0.2, 0) is 20.9 Å². The monoisotopic (exact) mass is 334 g/mol. The van der Waals surface area contributed by atoms with Crippen LogP contribution in [0.25, 0.3) is 0 Å². The molecule has 1 N–H and O–H groups in total. The third-order valence-electron chi connectivity index (χ3n) is 4.82. The van der Waals surface area contributed by atoms with Gasteiger partial charge in [0.2, 0.25) is 11.8 Å². The molecule has 0 bridgehead atoms. The second kappa shape index (κ2) is 7.79. The van der Waals surface area contributed by atoms with Gasteiger partial charge in [-0.25, -0.2) is 0 Å². The first-order valence-corrected chi connectivity index (χ1v) is 8.84. The van der Waals surface area contributed by atoms with Gasteiger partial charge in [0.05, 0.1) is 18.8 Å². The normalized spacial score (nSPS) is 21.4. The third kappa shape index (κ3) is 3.77. The van der Waals surface area contributed by atoms with Gasteiger partial charge in [0, 0.05) is 32.4 Å². The van der Waals surface area contributed by atoms with E-state index in [2.05, 4.69) is 10.4 Å². The molecule has 3 rings (SSSR count). The molecule has 1 aromatic heterocycles. The molecule has 0 unspecified atom stereocenters. The molecule has 2 aliphatic rings. The second-order valence-corrected chi connectivity index (χ2v) is 6.61. The molecule has 0 radical (unpaired) electrons. The number of aromatic nitrogens is 2. The molecule has 1 aromatic rings. The molecular weight excluding hydrogens is 308 g/mol. The van der Waals surface area contributed by atoms with Crippen molar-refractivity contribution in [2.45, 2.75) is 45.2 Å². The van der Waals surface area contributed by atoms with Crippen LogP contribution in [-0.4, -0.2) is 52.8 Å². The molecule has 2 aliphatic heterocycles. The summed E-state index contributed by atoms with van der Waals surface area (Å²) in [6.45, 7) is 5.12. The zero-order valence-corrected chi connectivity index (χ0v) is 14.2. The lowest BCUT2D eigenvalue weighted by Gasteiger charge is -2.33. The van der Waals surface area contributed by atoms with Crippen molar-refractivity contribution in [1.29, 1.82) is 0 Å². The summed E-state index contributed by atoms with van der Waals surface area (Å²) in [5.74, 6) is 0.522. The topological polar surface area (TPSA) is 76.5 Å². The van der Waals surface area contributed by atoms with Gasteiger partial charge < -0.3 is 15.0 Å². The van der Waals surface area contributed by atoms with Crippen molar-refractivity contribution < 1.29 is 14.3 Å². The molecule has 0 aliphatic carbocycles. The first-order chi connectivity index (χ1) is 11.7. The average molecular weight is 334 g/mol. The maximum atomic E-state index is 12.7. The minimum atomic E-state index is -0.440. The van der Waals surface area contributed by atoms with E-state index in [4.69, 9.17) is 4.74 Å². The summed E-state index contributed by atoms with van der Waals surface area (Å²) in [4.78, 5) is 26.7. The van der Waals surface area contributed by atoms with Gasteiger partial charge in [0.1, 0.15) is 6.04 Å². The van der Waals surface area contributed by atoms with Crippen LogP contribution in [0.3, 0.4) is 0 Å². The van der Waals surface area contributed by atoms with E-state index in [1.54, 1.807) is 15.8 Å². The lowest BCUT2D eigenvalue weighted by Crippen LogP contribution is -2.47. The maximum absolute atomic E-state index is 12.7. The summed E-state index contributed by atoms with van der Waals surface area (Å²) in [5, 5.41) is 7.34. The highest BCUT2D eigenvalue weighted by Gasteiger charge is 2.32. The van der Waals surface area contributed by atoms with Gasteiger partial charge in [-0.15, -0.1) is 0 Å². The number of hydrogen-bond acceptors (Lipinski definition) is 4. The van der Waals surface area contributed by atoms with Crippen molar-refractivity contribution in [3.05, 3.63) is 18.0 Å². The lowest BCUT2D eigenvalue weighted by molar-refractivity contribution is -0.135. The van der Waals surface area contributed by atoms with Crippen LogP contribution in [0, 0.1) is 5.92 Å². The van der Waals surface area contributed by atoms with Gasteiger partial charge in [-0.05, 0) is 31.2 Å². The highest BCUT2D eigenvalue weighted by molar-refractivity contribution is 5.82. The van der Waals surface area contributed by atoms with E-state index >= 15 is 0 Å². The van der Waals surface area contributed by atoms with Crippen molar-refractivity contribution in [3.63, 3.8) is 0 Å². The summed E-state index contributed by atoms with van der Waals surface area (Å²) >= 11 is 0. The maximum Gasteiger partial charge on any atom is 0.246 e. The molecule has 1 atom stereocenters. The number of amides is 2. The Bertz CT molecular complexity index is 580. The van der Waals surface area contributed by atoms with Crippen molar-refractivity contribution in [3.8, 4) is 0 Å². The highest BCUT2D eigenvalue weighted by atomic mass is 16.5. The van der Waals surface area contributed by atoms with Crippen LogP contribution in [0.5, 0.6) is 0 Å². The predicted molar refractivity (Wildman–Crippen MR) is 88.1 cm³/mol. The zero-order valence-electron chi connectivity index (χ0n) is 14.2. The Kier molecular flexibility index (Phi) is 5.50. The number of ether oxygens (including phenoxy) is 1. The summed E-state index contributed by atoms with van der Waals surface area (Å²) in [6, 6.07) is 1.44. The molecule has 7 heteroatoms. The van der Waals surface area contributed by atoms with Gasteiger partial charge in [0.25, 0.3) is 0 Å². The van der Waals surface area contributed by atoms with Crippen molar-refractivity contribution in [1.82, 2.24) is 20.0 Å². The molecule has 7 nitrogen and oxygen atoms in total. The summed E-state index contributed by atoms with van der Waals surface area (Å²) < 4.78 is 7.11. The van der Waals surface area contributed by atoms with Crippen LogP contribution in [0.2, 0.25) is 0 Å². The molecule has 0 saturated carbocycles. The summed E-state index contributed by atoms with van der Waals surface area (Å²) in [5.41, 5.74) is 0.914. The number of fused-ring (bicyclic) bond motifs is 1. The van der Waals surface area contributed by atoms with Gasteiger partial charge in [-0.3, -0.25) is 14.3 Å². The Morgan fingerprint density at radius 3 is 2.92 bits per heavy atom. The molecule has 3 heterocycles. The molecule has 2 amide bonds. The number of carbonyl (C=O) groups excluding carboxylic acids is 2. The standard InChI is InChI=1S/C17H26N4O3/c1-2-3-16(22)20-11-14-4-7-19-21(14)15(12-20)17(23)18-10-13-5-8-24-9-6-13/h4,7,13,15H,2-3,5-6,8-12H2,1H3,(H,18,23)/t15-/m0/s1. The summed E-state index contributed by atoms with van der Waals surface area (Å²) in [6.07, 6.45) is 5.00. The van der Waals surface area contributed by atoms with E-state index in [9.17, 15) is 9.59 Å². The van der Waals surface area contributed by atoms with Gasteiger partial charge >= 0.3 is 0 Å². The average Bonchev–Trinajstić information content (AvgIpc) is 3.08. The van der Waals surface area contributed by atoms with E-state index < -0.39 is 6.04 Å². The summed E-state index contributed by atoms with van der Waals surface area (Å²) in [7, 11) is 0. The fourth-order valence-electron chi connectivity index (χ4n) is 3.36. The fraction of sp³-hybridized carbons (Fsp3) is 0.706. The van der Waals surface area contributed by atoms with Crippen LogP contribution in [0.1, 0.15) is 44.3 Å². The molecule has 1 fully saturated rings. The Morgan fingerprint density at radius 2 is 2.17 bits per heavy atom. The minimum absolute atomic E-state index is 0.0551. The van der Waals surface area contributed by atoms with Gasteiger partial charge in [-0.1, -0.05) is 6.92 Å². The molecular formula is C17H26N4O3. The molecule has 0 aromatic carbocycles. The number of nitrogens with one attached hydrogen (secondary N) is 1. The zero-order chi connectivity index (χ0) is 16.9. The van der Waals surface area contributed by atoms with E-state index in [1.165, 1.54) is 0 Å². The SMILES string of the molecule is CCCC(=O)N1Cc2ccnn2[C@H](C(=O)NCC2CCOCC2)C1. The first kappa shape index (κ1) is 17.0. The first-order valence-electron chi connectivity index (χ1n) is 8.84. The van der Waals surface area contributed by atoms with E-state index in [0.29, 0.717) is 32.0 Å². The largest absolute Gasteiger partial charge is 0.381 e. The van der Waals surface area contributed by atoms with Crippen molar-refractivity contribution >= 4 is 11.8 Å². The molecule has 132 valence electrons. The number of nitrogens with zero attached hydrogens (tertiary/aromatic N) is 3.